The van der Waals surface area contributed by atoms with Crippen molar-refractivity contribution in [2.45, 2.75) is 43.9 Å². The second kappa shape index (κ2) is 6.07. The number of oxime groups is 1. The maximum Gasteiger partial charge on any atom is 0.243 e. The minimum Gasteiger partial charge on any atom is -0.469 e. The number of rotatable bonds is 3. The number of ether oxygens (including phenoxy) is 1. The summed E-state index contributed by atoms with van der Waals surface area (Å²) in [5.74, 6) is 0.682. The number of nitrogens with two attached hydrogens (primary N) is 1. The van der Waals surface area contributed by atoms with Crippen LogP contribution in [-0.2, 0) is 9.57 Å². The number of hydrogen-bond acceptors (Lipinski definition) is 6. The van der Waals surface area contributed by atoms with E-state index in [1.54, 1.807) is 0 Å². The van der Waals surface area contributed by atoms with Crippen molar-refractivity contribution in [3.8, 4) is 0 Å². The monoisotopic (exact) mass is 268 g/mol. The van der Waals surface area contributed by atoms with E-state index in [2.05, 4.69) is 15.4 Å². The fourth-order valence-electron chi connectivity index (χ4n) is 3.03. The molecule has 2 fully saturated rings. The largest absolute Gasteiger partial charge is 0.469 e. The van der Waals surface area contributed by atoms with Crippen LogP contribution in [0.15, 0.2) is 5.16 Å². The lowest BCUT2D eigenvalue weighted by Crippen LogP contribution is -2.45. The Morgan fingerprint density at radius 1 is 1.32 bits per heavy atom. The summed E-state index contributed by atoms with van der Waals surface area (Å²) in [6, 6.07) is 0.318. The highest BCUT2D eigenvalue weighted by Gasteiger charge is 2.32. The van der Waals surface area contributed by atoms with Gasteiger partial charge in [0.1, 0.15) is 6.10 Å². The van der Waals surface area contributed by atoms with E-state index in [0.717, 1.165) is 19.5 Å². The van der Waals surface area contributed by atoms with Gasteiger partial charge in [-0.15, -0.1) is 0 Å². The minimum atomic E-state index is 0.101. The molecule has 0 bridgehead atoms. The predicted molar refractivity (Wildman–Crippen MR) is 72.9 cm³/mol. The van der Waals surface area contributed by atoms with Gasteiger partial charge in [0.25, 0.3) is 0 Å². The number of hydrogen-bond donors (Lipinski definition) is 2. The molecule has 3 aliphatic rings. The molecule has 3 atom stereocenters. The van der Waals surface area contributed by atoms with Crippen molar-refractivity contribution in [3.05, 3.63) is 0 Å². The van der Waals surface area contributed by atoms with Gasteiger partial charge in [-0.05, 0) is 32.4 Å². The fourth-order valence-corrected chi connectivity index (χ4v) is 3.03. The highest BCUT2D eigenvalue weighted by Crippen LogP contribution is 2.15. The van der Waals surface area contributed by atoms with Crippen molar-refractivity contribution in [1.82, 2.24) is 10.2 Å². The molecule has 19 heavy (non-hydrogen) atoms. The van der Waals surface area contributed by atoms with Crippen LogP contribution in [0.3, 0.4) is 0 Å². The summed E-state index contributed by atoms with van der Waals surface area (Å²) in [7, 11) is 0. The van der Waals surface area contributed by atoms with Crippen LogP contribution in [0.4, 0.5) is 0 Å². The molecule has 6 nitrogen and oxygen atoms in total. The average molecular weight is 268 g/mol. The molecule has 6 heteroatoms. The van der Waals surface area contributed by atoms with Gasteiger partial charge in [-0.3, -0.25) is 4.90 Å². The van der Waals surface area contributed by atoms with Gasteiger partial charge in [-0.1, -0.05) is 11.6 Å². The Balaban J connectivity index is 1.50. The lowest BCUT2D eigenvalue weighted by molar-refractivity contribution is -0.0133. The third-order valence-corrected chi connectivity index (χ3v) is 4.08. The van der Waals surface area contributed by atoms with Gasteiger partial charge in [0.05, 0.1) is 6.04 Å². The van der Waals surface area contributed by atoms with Crippen LogP contribution in [0.25, 0.3) is 0 Å². The SMILES string of the molecule is N[C@H]1CN[C@@H](C2=NOCC(CN3CCCCC3)O2)C1. The Morgan fingerprint density at radius 2 is 2.16 bits per heavy atom. The van der Waals surface area contributed by atoms with Gasteiger partial charge in [0.2, 0.25) is 5.90 Å². The van der Waals surface area contributed by atoms with E-state index in [4.69, 9.17) is 15.3 Å². The van der Waals surface area contributed by atoms with E-state index in [1.807, 2.05) is 0 Å². The van der Waals surface area contributed by atoms with Gasteiger partial charge in [-0.2, -0.15) is 0 Å². The van der Waals surface area contributed by atoms with E-state index in [9.17, 15) is 0 Å². The summed E-state index contributed by atoms with van der Waals surface area (Å²) in [5, 5.41) is 7.37. The minimum absolute atomic E-state index is 0.101. The van der Waals surface area contributed by atoms with Gasteiger partial charge in [0, 0.05) is 19.1 Å². The first-order chi connectivity index (χ1) is 9.31. The van der Waals surface area contributed by atoms with E-state index in [-0.39, 0.29) is 18.2 Å². The molecule has 0 amide bonds. The molecule has 3 N–H and O–H groups in total. The molecule has 0 aromatic rings. The van der Waals surface area contributed by atoms with Gasteiger partial charge in [-0.25, -0.2) is 0 Å². The number of piperidine rings is 1. The summed E-state index contributed by atoms with van der Waals surface area (Å²) in [6.07, 6.45) is 4.93. The van der Waals surface area contributed by atoms with Crippen LogP contribution < -0.4 is 11.1 Å². The summed E-state index contributed by atoms with van der Waals surface area (Å²) in [5.41, 5.74) is 5.89. The zero-order valence-electron chi connectivity index (χ0n) is 11.4. The molecular formula is C13H24N4O2. The predicted octanol–water partition coefficient (Wildman–Crippen LogP) is -0.110. The normalized spacial score (nSPS) is 36.5. The summed E-state index contributed by atoms with van der Waals surface area (Å²) >= 11 is 0. The van der Waals surface area contributed by atoms with Crippen molar-refractivity contribution >= 4 is 5.90 Å². The lowest BCUT2D eigenvalue weighted by atomic mass is 10.1. The quantitative estimate of drug-likeness (QED) is 0.747. The van der Waals surface area contributed by atoms with Crippen LogP contribution in [0.5, 0.6) is 0 Å². The number of nitrogens with zero attached hydrogens (tertiary/aromatic N) is 2. The summed E-state index contributed by atoms with van der Waals surface area (Å²) < 4.78 is 5.99. The van der Waals surface area contributed by atoms with Crippen LogP contribution in [0.2, 0.25) is 0 Å². The molecule has 1 unspecified atom stereocenters. The summed E-state index contributed by atoms with van der Waals surface area (Å²) in [6.45, 7) is 4.68. The van der Waals surface area contributed by atoms with Crippen molar-refractivity contribution in [1.29, 1.82) is 0 Å². The first-order valence-electron chi connectivity index (χ1n) is 7.39. The molecule has 0 radical (unpaired) electrons. The third-order valence-electron chi connectivity index (χ3n) is 4.08. The summed E-state index contributed by atoms with van der Waals surface area (Å²) in [4.78, 5) is 7.81. The zero-order valence-corrected chi connectivity index (χ0v) is 11.4. The second-order valence-corrected chi connectivity index (χ2v) is 5.78. The fraction of sp³-hybridized carbons (Fsp3) is 0.923. The highest BCUT2D eigenvalue weighted by molar-refractivity contribution is 5.82. The van der Waals surface area contributed by atoms with Crippen LogP contribution in [-0.4, -0.2) is 61.8 Å². The molecule has 3 rings (SSSR count). The van der Waals surface area contributed by atoms with E-state index < -0.39 is 0 Å². The van der Waals surface area contributed by atoms with E-state index in [1.165, 1.54) is 32.4 Å². The lowest BCUT2D eigenvalue weighted by Gasteiger charge is -2.32. The topological polar surface area (TPSA) is 72.1 Å². The first kappa shape index (κ1) is 13.1. The number of likely N-dealkylation sites (tertiary alicyclic amines) is 1. The van der Waals surface area contributed by atoms with E-state index in [0.29, 0.717) is 12.5 Å². The smallest absolute Gasteiger partial charge is 0.243 e. The van der Waals surface area contributed by atoms with Crippen LogP contribution >= 0.6 is 0 Å². The molecular weight excluding hydrogens is 244 g/mol. The Bertz CT molecular complexity index is 331. The average Bonchev–Trinajstić information content (AvgIpc) is 2.87. The Labute approximate surface area is 114 Å². The maximum absolute atomic E-state index is 5.99. The maximum atomic E-state index is 5.99. The molecule has 3 heterocycles. The van der Waals surface area contributed by atoms with Crippen molar-refractivity contribution in [3.63, 3.8) is 0 Å². The Kier molecular flexibility index (Phi) is 4.20. The molecule has 0 aromatic carbocycles. The molecule has 0 spiro atoms. The first-order valence-corrected chi connectivity index (χ1v) is 7.39. The third kappa shape index (κ3) is 3.38. The standard InChI is InChI=1S/C13H24N4O2/c14-10-6-12(15-7-10)13-16-18-9-11(19-13)8-17-4-2-1-3-5-17/h10-12,15H,1-9,14H2/t10-,11?,12-/m1/s1. The van der Waals surface area contributed by atoms with Gasteiger partial charge in [0.15, 0.2) is 6.61 Å². The molecule has 0 aromatic heterocycles. The Morgan fingerprint density at radius 3 is 2.89 bits per heavy atom. The molecule has 0 saturated carbocycles. The second-order valence-electron chi connectivity index (χ2n) is 5.78. The van der Waals surface area contributed by atoms with Crippen molar-refractivity contribution in [2.24, 2.45) is 10.9 Å². The van der Waals surface area contributed by atoms with Crippen LogP contribution in [0.1, 0.15) is 25.7 Å². The molecule has 3 aliphatic heterocycles. The van der Waals surface area contributed by atoms with Crippen molar-refractivity contribution < 1.29 is 9.57 Å². The molecule has 0 aliphatic carbocycles. The Hall–Kier alpha value is -0.850. The van der Waals surface area contributed by atoms with Crippen LogP contribution in [0, 0.1) is 0 Å². The number of nitrogens with one attached hydrogen (secondary N) is 1. The van der Waals surface area contributed by atoms with E-state index >= 15 is 0 Å². The van der Waals surface area contributed by atoms with Crippen molar-refractivity contribution in [2.75, 3.05) is 32.8 Å². The van der Waals surface area contributed by atoms with Gasteiger partial charge < -0.3 is 20.6 Å². The molecule has 2 saturated heterocycles. The van der Waals surface area contributed by atoms with Gasteiger partial charge >= 0.3 is 0 Å². The highest BCUT2D eigenvalue weighted by atomic mass is 16.7. The zero-order chi connectivity index (χ0) is 13.1. The molecule has 108 valence electrons.